The molecular weight excluding hydrogens is 494 g/mol. The van der Waals surface area contributed by atoms with Crippen molar-refractivity contribution in [2.45, 2.75) is 17.9 Å². The lowest BCUT2D eigenvalue weighted by molar-refractivity contribution is -0.137. The van der Waals surface area contributed by atoms with Crippen LogP contribution in [0.3, 0.4) is 0 Å². The van der Waals surface area contributed by atoms with Crippen molar-refractivity contribution < 1.29 is 41.5 Å². The van der Waals surface area contributed by atoms with Gasteiger partial charge in [-0.2, -0.15) is 13.2 Å². The second kappa shape index (κ2) is 7.66. The molecule has 6 nitrogen and oxygen atoms in total. The lowest BCUT2D eigenvalue weighted by Crippen LogP contribution is -2.51. The van der Waals surface area contributed by atoms with Crippen molar-refractivity contribution in [2.75, 3.05) is 4.90 Å². The number of alkyl halides is 3. The third-order valence-electron chi connectivity index (χ3n) is 7.15. The van der Waals surface area contributed by atoms with Gasteiger partial charge in [0, 0.05) is 11.1 Å². The number of Topliss-reactive ketones (excluding diaryl/α,β-unsaturated/α-hetero) is 2. The lowest BCUT2D eigenvalue weighted by atomic mass is 9.77. The molecule has 1 aliphatic carbocycles. The zero-order valence-electron chi connectivity index (χ0n) is 18.7. The number of hydrogen-bond donors (Lipinski definition) is 0. The van der Waals surface area contributed by atoms with E-state index in [0.29, 0.717) is 4.90 Å². The number of imide groups is 1. The van der Waals surface area contributed by atoms with E-state index in [9.17, 15) is 36.7 Å². The molecule has 186 valence electrons. The van der Waals surface area contributed by atoms with Gasteiger partial charge in [-0.05, 0) is 29.8 Å². The van der Waals surface area contributed by atoms with Crippen LogP contribution < -0.4 is 4.90 Å². The summed E-state index contributed by atoms with van der Waals surface area (Å²) in [4.78, 5) is 55.2. The predicted octanol–water partition coefficient (Wildman–Crippen LogP) is 4.54. The van der Waals surface area contributed by atoms with Crippen molar-refractivity contribution in [2.24, 2.45) is 11.8 Å². The number of benzene rings is 3. The summed E-state index contributed by atoms with van der Waals surface area (Å²) in [6.45, 7) is 0. The van der Waals surface area contributed by atoms with Crippen molar-refractivity contribution in [1.82, 2.24) is 0 Å². The zero-order chi connectivity index (χ0) is 26.3. The summed E-state index contributed by atoms with van der Waals surface area (Å²) in [5.41, 5.74) is -4.42. The van der Waals surface area contributed by atoms with Crippen LogP contribution in [0.1, 0.15) is 37.9 Å². The van der Waals surface area contributed by atoms with Gasteiger partial charge >= 0.3 is 6.18 Å². The quantitative estimate of drug-likeness (QED) is 0.288. The van der Waals surface area contributed by atoms with Crippen LogP contribution in [0, 0.1) is 17.7 Å². The van der Waals surface area contributed by atoms with E-state index in [1.165, 1.54) is 42.5 Å². The fraction of sp³-hybridized carbons (Fsp3) is 0.185. The molecular formula is C27H15F4NO5. The largest absolute Gasteiger partial charge is 0.418 e. The summed E-state index contributed by atoms with van der Waals surface area (Å²) in [6, 6.07) is 14.7. The molecule has 0 N–H and O–H groups in total. The lowest BCUT2D eigenvalue weighted by Gasteiger charge is -2.28. The summed E-state index contributed by atoms with van der Waals surface area (Å²) in [6.07, 6.45) is -6.34. The molecule has 3 aliphatic rings. The minimum Gasteiger partial charge on any atom is -0.349 e. The Balaban J connectivity index is 1.57. The second-order valence-electron chi connectivity index (χ2n) is 9.06. The first kappa shape index (κ1) is 23.2. The summed E-state index contributed by atoms with van der Waals surface area (Å²) in [5, 5.41) is 0. The van der Waals surface area contributed by atoms with Crippen LogP contribution in [-0.4, -0.2) is 29.0 Å². The number of para-hydroxylation sites is 1. The molecule has 3 atom stereocenters. The summed E-state index contributed by atoms with van der Waals surface area (Å²) in [7, 11) is 0. The van der Waals surface area contributed by atoms with Crippen molar-refractivity contribution in [1.29, 1.82) is 0 Å². The van der Waals surface area contributed by atoms with Gasteiger partial charge in [0.25, 0.3) is 0 Å². The molecule has 0 bridgehead atoms. The number of fused-ring (bicyclic) bond motifs is 3. The Morgan fingerprint density at radius 3 is 2.03 bits per heavy atom. The molecule has 0 unspecified atom stereocenters. The molecule has 2 saturated heterocycles. The fourth-order valence-corrected chi connectivity index (χ4v) is 5.65. The van der Waals surface area contributed by atoms with Crippen molar-refractivity contribution in [3.63, 3.8) is 0 Å². The topological polar surface area (TPSA) is 80.8 Å². The predicted molar refractivity (Wildman–Crippen MR) is 119 cm³/mol. The van der Waals surface area contributed by atoms with Crippen LogP contribution in [0.5, 0.6) is 0 Å². The van der Waals surface area contributed by atoms with Gasteiger partial charge in [0.1, 0.15) is 5.82 Å². The van der Waals surface area contributed by atoms with Gasteiger partial charge in [0.2, 0.25) is 29.0 Å². The minimum absolute atomic E-state index is 0.0273. The van der Waals surface area contributed by atoms with E-state index < -0.39 is 70.2 Å². The molecule has 6 rings (SSSR count). The number of nitrogens with zero attached hydrogens (tertiary/aromatic N) is 1. The maximum atomic E-state index is 14.1. The smallest absolute Gasteiger partial charge is 0.349 e. The van der Waals surface area contributed by atoms with E-state index in [1.54, 1.807) is 0 Å². The molecule has 2 heterocycles. The number of rotatable bonds is 2. The van der Waals surface area contributed by atoms with E-state index in [4.69, 9.17) is 4.74 Å². The third kappa shape index (κ3) is 3.02. The Labute approximate surface area is 206 Å². The van der Waals surface area contributed by atoms with Crippen molar-refractivity contribution in [3.05, 3.63) is 101 Å². The van der Waals surface area contributed by atoms with E-state index in [2.05, 4.69) is 0 Å². The highest BCUT2D eigenvalue weighted by atomic mass is 19.4. The van der Waals surface area contributed by atoms with E-state index in [0.717, 1.165) is 30.3 Å². The first-order valence-electron chi connectivity index (χ1n) is 11.2. The number of carbonyl (C=O) groups is 4. The van der Waals surface area contributed by atoms with E-state index >= 15 is 0 Å². The monoisotopic (exact) mass is 509 g/mol. The van der Waals surface area contributed by atoms with E-state index in [-0.39, 0.29) is 16.7 Å². The van der Waals surface area contributed by atoms with Crippen molar-refractivity contribution >= 4 is 29.1 Å². The number of halogens is 4. The normalized spacial score (nSPS) is 24.2. The van der Waals surface area contributed by atoms with Gasteiger partial charge in [-0.3, -0.25) is 19.2 Å². The van der Waals surface area contributed by atoms with Crippen LogP contribution >= 0.6 is 0 Å². The maximum Gasteiger partial charge on any atom is 0.418 e. The Kier molecular flexibility index (Phi) is 4.81. The Bertz CT molecular complexity index is 1500. The van der Waals surface area contributed by atoms with Crippen LogP contribution in [0.25, 0.3) is 0 Å². The molecule has 3 aromatic rings. The van der Waals surface area contributed by atoms with Gasteiger partial charge in [0.05, 0.1) is 29.2 Å². The van der Waals surface area contributed by atoms with Crippen molar-refractivity contribution in [3.8, 4) is 0 Å². The first-order chi connectivity index (χ1) is 17.6. The summed E-state index contributed by atoms with van der Waals surface area (Å²) in [5.74, 6) is -7.97. The van der Waals surface area contributed by atoms with Crippen LogP contribution in [-0.2, 0) is 20.5 Å². The summed E-state index contributed by atoms with van der Waals surface area (Å²) >= 11 is 0. The number of ether oxygens (including phenoxy) is 1. The number of ketones is 2. The van der Waals surface area contributed by atoms with Crippen LogP contribution in [0.2, 0.25) is 0 Å². The molecule has 0 aromatic heterocycles. The summed E-state index contributed by atoms with van der Waals surface area (Å²) < 4.78 is 61.5. The highest BCUT2D eigenvalue weighted by molar-refractivity contribution is 6.37. The number of hydrogen-bond acceptors (Lipinski definition) is 5. The fourth-order valence-electron chi connectivity index (χ4n) is 5.65. The minimum atomic E-state index is -4.90. The number of carbonyl (C=O) groups excluding carboxylic acids is 4. The molecule has 37 heavy (non-hydrogen) atoms. The zero-order valence-corrected chi connectivity index (χ0v) is 18.7. The second-order valence-corrected chi connectivity index (χ2v) is 9.06. The highest BCUT2D eigenvalue weighted by Crippen LogP contribution is 2.58. The molecule has 10 heteroatoms. The molecule has 0 saturated carbocycles. The number of anilines is 1. The SMILES string of the molecule is O=C1[C@H]2[C@@H](C(=O)N1c1ccccc1C(F)(F)F)C1(O[C@H]2c2cccc(F)c2)C(=O)c2ccccc2C1=O. The van der Waals surface area contributed by atoms with Crippen LogP contribution in [0.4, 0.5) is 23.2 Å². The Morgan fingerprint density at radius 1 is 0.784 bits per heavy atom. The first-order valence-corrected chi connectivity index (χ1v) is 11.2. The van der Waals surface area contributed by atoms with Gasteiger partial charge in [-0.25, -0.2) is 9.29 Å². The van der Waals surface area contributed by atoms with Gasteiger partial charge in [0.15, 0.2) is 0 Å². The number of amides is 2. The Morgan fingerprint density at radius 2 is 1.41 bits per heavy atom. The molecule has 0 radical (unpaired) electrons. The third-order valence-corrected chi connectivity index (χ3v) is 7.15. The van der Waals surface area contributed by atoms with Gasteiger partial charge in [-0.1, -0.05) is 48.5 Å². The standard InChI is InChI=1S/C27H15F4NO5/c28-14-7-5-6-13(12-14)21-19-20(26(37-21)22(33)15-8-1-2-9-16(15)23(26)34)25(36)32(24(19)35)18-11-4-3-10-17(18)27(29,30)31/h1-12,19-21H/t19-,20-,21-/m0/s1. The molecule has 2 fully saturated rings. The van der Waals surface area contributed by atoms with Crippen LogP contribution in [0.15, 0.2) is 72.8 Å². The molecule has 2 amide bonds. The average Bonchev–Trinajstić information content (AvgIpc) is 3.43. The van der Waals surface area contributed by atoms with Gasteiger partial charge in [-0.15, -0.1) is 0 Å². The van der Waals surface area contributed by atoms with E-state index in [1.807, 2.05) is 0 Å². The molecule has 2 aliphatic heterocycles. The Hall–Kier alpha value is -4.18. The average molecular weight is 509 g/mol. The maximum absolute atomic E-state index is 14.1. The van der Waals surface area contributed by atoms with Gasteiger partial charge < -0.3 is 4.74 Å². The molecule has 1 spiro atoms. The highest BCUT2D eigenvalue weighted by Gasteiger charge is 2.75. The molecule has 3 aromatic carbocycles.